The topological polar surface area (TPSA) is 63.3 Å². The first-order valence-electron chi connectivity index (χ1n) is 11.4. The highest BCUT2D eigenvalue weighted by atomic mass is 16.3. The Kier molecular flexibility index (Phi) is 4.95. The van der Waals surface area contributed by atoms with Gasteiger partial charge < -0.3 is 10.1 Å². The quantitative estimate of drug-likeness (QED) is 0.395. The number of hydrogen-bond acceptors (Lipinski definition) is 4. The fourth-order valence-corrected chi connectivity index (χ4v) is 5.58. The maximum atomic E-state index is 10.2. The van der Waals surface area contributed by atoms with Crippen LogP contribution in [0.25, 0.3) is 10.9 Å². The number of phenolic OH excluding ortho intramolecular Hbond substituents is 1. The number of hydrogen-bond donors (Lipinski definition) is 4. The van der Waals surface area contributed by atoms with Crippen molar-refractivity contribution in [3.8, 4) is 5.75 Å². The molecule has 162 valence electrons. The Bertz CT molecular complexity index is 1230. The molecule has 1 aromatic heterocycles. The van der Waals surface area contributed by atoms with E-state index in [9.17, 15) is 5.11 Å². The van der Waals surface area contributed by atoms with Crippen LogP contribution in [0.1, 0.15) is 34.5 Å². The minimum absolute atomic E-state index is 0.0928. The van der Waals surface area contributed by atoms with Gasteiger partial charge in [0.2, 0.25) is 0 Å². The number of nitrogens with one attached hydrogen (secondary N) is 3. The molecule has 5 heteroatoms. The molecule has 3 heterocycles. The van der Waals surface area contributed by atoms with Crippen LogP contribution >= 0.6 is 0 Å². The second kappa shape index (κ2) is 8.10. The third-order valence-electron chi connectivity index (χ3n) is 7.04. The van der Waals surface area contributed by atoms with Crippen molar-refractivity contribution in [3.63, 3.8) is 0 Å². The van der Waals surface area contributed by atoms with E-state index in [-0.39, 0.29) is 12.1 Å². The molecule has 0 aliphatic carbocycles. The molecule has 3 atom stereocenters. The number of rotatable bonds is 4. The van der Waals surface area contributed by atoms with Crippen molar-refractivity contribution in [3.05, 3.63) is 101 Å². The maximum Gasteiger partial charge on any atom is 0.115 e. The molecular formula is C27H28N4O. The minimum atomic E-state index is 0.0928. The van der Waals surface area contributed by atoms with Crippen molar-refractivity contribution in [2.45, 2.75) is 18.5 Å². The molecule has 5 nitrogen and oxygen atoms in total. The largest absolute Gasteiger partial charge is 0.508 e. The highest BCUT2D eigenvalue weighted by molar-refractivity contribution is 5.85. The van der Waals surface area contributed by atoms with Crippen LogP contribution in [-0.2, 0) is 6.42 Å². The lowest BCUT2D eigenvalue weighted by molar-refractivity contribution is 0.174. The van der Waals surface area contributed by atoms with Crippen molar-refractivity contribution in [1.82, 2.24) is 20.7 Å². The Morgan fingerprint density at radius 2 is 1.72 bits per heavy atom. The summed E-state index contributed by atoms with van der Waals surface area (Å²) >= 11 is 0. The zero-order valence-corrected chi connectivity index (χ0v) is 18.0. The zero-order valence-electron chi connectivity index (χ0n) is 18.0. The van der Waals surface area contributed by atoms with E-state index in [1.807, 2.05) is 12.1 Å². The van der Waals surface area contributed by atoms with Crippen LogP contribution in [0.4, 0.5) is 0 Å². The van der Waals surface area contributed by atoms with Gasteiger partial charge in [-0.25, -0.2) is 5.43 Å². The monoisotopic (exact) mass is 424 g/mol. The maximum absolute atomic E-state index is 10.2. The molecule has 0 amide bonds. The van der Waals surface area contributed by atoms with Gasteiger partial charge >= 0.3 is 0 Å². The van der Waals surface area contributed by atoms with Gasteiger partial charge in [0.05, 0.1) is 12.1 Å². The van der Waals surface area contributed by atoms with Gasteiger partial charge in [-0.1, -0.05) is 60.7 Å². The highest BCUT2D eigenvalue weighted by Gasteiger charge is 2.36. The van der Waals surface area contributed by atoms with Crippen LogP contribution in [0.15, 0.2) is 78.9 Å². The molecule has 0 bridgehead atoms. The van der Waals surface area contributed by atoms with Gasteiger partial charge in [0.1, 0.15) is 5.75 Å². The standard InChI is InChI=1S/C27H28N4O/c32-21-10-6-9-19(15-21)27-26-23(22-11-4-5-12-24(22)29-26)13-14-31(27)17-20-16-28-30-25(20)18-7-2-1-3-8-18/h1-12,15,20,25,27-30,32H,13-14,16-17H2. The summed E-state index contributed by atoms with van der Waals surface area (Å²) in [6, 6.07) is 27.4. The van der Waals surface area contributed by atoms with Crippen LogP contribution in [0, 0.1) is 5.92 Å². The molecule has 3 aromatic carbocycles. The number of aromatic amines is 1. The lowest BCUT2D eigenvalue weighted by Crippen LogP contribution is -2.40. The van der Waals surface area contributed by atoms with Gasteiger partial charge in [0, 0.05) is 42.1 Å². The number of benzene rings is 3. The Balaban J connectivity index is 1.39. The first kappa shape index (κ1) is 19.6. The summed E-state index contributed by atoms with van der Waals surface area (Å²) in [6.07, 6.45) is 1.03. The third-order valence-corrected chi connectivity index (χ3v) is 7.04. The molecule has 0 spiro atoms. The molecule has 0 saturated carbocycles. The predicted octanol–water partition coefficient (Wildman–Crippen LogP) is 4.29. The number of nitrogens with zero attached hydrogens (tertiary/aromatic N) is 1. The van der Waals surface area contributed by atoms with Gasteiger partial charge in [0.15, 0.2) is 0 Å². The first-order valence-corrected chi connectivity index (χ1v) is 11.4. The number of para-hydroxylation sites is 1. The van der Waals surface area contributed by atoms with Crippen molar-refractivity contribution in [2.24, 2.45) is 5.92 Å². The Labute approximate surface area is 188 Å². The zero-order chi connectivity index (χ0) is 21.5. The molecular weight excluding hydrogens is 396 g/mol. The first-order chi connectivity index (χ1) is 15.8. The van der Waals surface area contributed by atoms with Crippen LogP contribution in [0.3, 0.4) is 0 Å². The van der Waals surface area contributed by atoms with Gasteiger partial charge in [-0.2, -0.15) is 0 Å². The summed E-state index contributed by atoms with van der Waals surface area (Å²) in [5.74, 6) is 0.764. The van der Waals surface area contributed by atoms with E-state index in [1.54, 1.807) is 6.07 Å². The molecule has 3 unspecified atom stereocenters. The smallest absolute Gasteiger partial charge is 0.115 e. The average molecular weight is 425 g/mol. The Morgan fingerprint density at radius 3 is 2.59 bits per heavy atom. The molecule has 1 fully saturated rings. The van der Waals surface area contributed by atoms with Gasteiger partial charge in [-0.05, 0) is 41.3 Å². The Hall–Kier alpha value is -3.12. The summed E-state index contributed by atoms with van der Waals surface area (Å²) in [4.78, 5) is 6.31. The second-order valence-corrected chi connectivity index (χ2v) is 8.98. The van der Waals surface area contributed by atoms with E-state index in [0.29, 0.717) is 11.7 Å². The van der Waals surface area contributed by atoms with Gasteiger partial charge in [-0.15, -0.1) is 0 Å². The normalized spacial score (nSPS) is 23.4. The Morgan fingerprint density at radius 1 is 0.906 bits per heavy atom. The molecule has 0 radical (unpaired) electrons. The van der Waals surface area contributed by atoms with Gasteiger partial charge in [0.25, 0.3) is 0 Å². The molecule has 2 aliphatic rings. The lowest BCUT2D eigenvalue weighted by Gasteiger charge is -2.38. The predicted molar refractivity (Wildman–Crippen MR) is 127 cm³/mol. The molecule has 2 aliphatic heterocycles. The fraction of sp³-hybridized carbons (Fsp3) is 0.259. The summed E-state index contributed by atoms with van der Waals surface area (Å²) in [5, 5.41) is 11.6. The van der Waals surface area contributed by atoms with Crippen molar-refractivity contribution >= 4 is 10.9 Å². The number of aromatic nitrogens is 1. The molecule has 4 N–H and O–H groups in total. The van der Waals surface area contributed by atoms with E-state index < -0.39 is 0 Å². The van der Waals surface area contributed by atoms with E-state index in [4.69, 9.17) is 0 Å². The van der Waals surface area contributed by atoms with Crippen LogP contribution in [0.5, 0.6) is 5.75 Å². The van der Waals surface area contributed by atoms with E-state index >= 15 is 0 Å². The van der Waals surface area contributed by atoms with Gasteiger partial charge in [-0.3, -0.25) is 10.3 Å². The van der Waals surface area contributed by atoms with Crippen molar-refractivity contribution in [1.29, 1.82) is 0 Å². The van der Waals surface area contributed by atoms with Crippen molar-refractivity contribution in [2.75, 3.05) is 19.6 Å². The fourth-order valence-electron chi connectivity index (χ4n) is 5.58. The minimum Gasteiger partial charge on any atom is -0.508 e. The molecule has 4 aromatic rings. The van der Waals surface area contributed by atoms with Crippen LogP contribution < -0.4 is 10.9 Å². The lowest BCUT2D eigenvalue weighted by atomic mass is 9.89. The summed E-state index contributed by atoms with van der Waals surface area (Å²) in [6.45, 7) is 2.89. The van der Waals surface area contributed by atoms with Crippen LogP contribution in [0.2, 0.25) is 0 Å². The summed E-state index contributed by atoms with van der Waals surface area (Å²) in [5.41, 5.74) is 13.2. The summed E-state index contributed by atoms with van der Waals surface area (Å²) < 4.78 is 0. The third kappa shape index (κ3) is 3.39. The number of H-pyrrole nitrogens is 1. The average Bonchev–Trinajstić information content (AvgIpc) is 3.44. The SMILES string of the molecule is Oc1cccc(C2c3[nH]c4ccccc4c3CCN2CC2CNNC2c2ccccc2)c1. The number of fused-ring (bicyclic) bond motifs is 3. The highest BCUT2D eigenvalue weighted by Crippen LogP contribution is 2.40. The number of phenols is 1. The molecule has 1 saturated heterocycles. The second-order valence-electron chi connectivity index (χ2n) is 8.98. The van der Waals surface area contributed by atoms with E-state index in [0.717, 1.165) is 31.6 Å². The molecule has 32 heavy (non-hydrogen) atoms. The number of aromatic hydroxyl groups is 1. The van der Waals surface area contributed by atoms with Crippen molar-refractivity contribution < 1.29 is 5.11 Å². The van der Waals surface area contributed by atoms with Crippen LogP contribution in [-0.4, -0.2) is 34.6 Å². The van der Waals surface area contributed by atoms with E-state index in [2.05, 4.69) is 81.4 Å². The van der Waals surface area contributed by atoms with E-state index in [1.165, 1.54) is 27.7 Å². The molecule has 6 rings (SSSR count). The number of hydrazine groups is 1. The summed E-state index contributed by atoms with van der Waals surface area (Å²) in [7, 11) is 0.